The molecule has 218 valence electrons. The van der Waals surface area contributed by atoms with Crippen LogP contribution in [0.5, 0.6) is 0 Å². The van der Waals surface area contributed by atoms with Crippen molar-refractivity contribution in [2.45, 2.75) is 133 Å². The summed E-state index contributed by atoms with van der Waals surface area (Å²) in [5.41, 5.74) is 0.970. The zero-order valence-corrected chi connectivity index (χ0v) is 24.8. The first kappa shape index (κ1) is 32.7. The maximum absolute atomic E-state index is 11.9. The van der Waals surface area contributed by atoms with Gasteiger partial charge in [0.1, 0.15) is 5.82 Å². The fourth-order valence-electron chi connectivity index (χ4n) is 5.07. The summed E-state index contributed by atoms with van der Waals surface area (Å²) in [5.74, 6) is 0.197. The summed E-state index contributed by atoms with van der Waals surface area (Å²) < 4.78 is 65.5. The largest absolute Gasteiger partial charge is 0.342 e. The molecule has 3 N–H and O–H groups in total. The predicted octanol–water partition coefficient (Wildman–Crippen LogP) is 7.51. The van der Waals surface area contributed by atoms with Crippen molar-refractivity contribution >= 4 is 31.3 Å². The van der Waals surface area contributed by atoms with Crippen LogP contribution in [0, 0.1) is 5.92 Å². The van der Waals surface area contributed by atoms with E-state index in [0.717, 1.165) is 19.3 Å². The van der Waals surface area contributed by atoms with Gasteiger partial charge in [0.2, 0.25) is 0 Å². The Labute approximate surface area is 229 Å². The van der Waals surface area contributed by atoms with E-state index in [1.54, 1.807) is 0 Å². The van der Waals surface area contributed by atoms with Gasteiger partial charge < -0.3 is 4.98 Å². The first-order valence-corrected chi connectivity index (χ1v) is 17.4. The topological polar surface area (TPSA) is 137 Å². The predicted molar refractivity (Wildman–Crippen MR) is 154 cm³/mol. The third-order valence-corrected chi connectivity index (χ3v) is 9.74. The highest BCUT2D eigenvalue weighted by Crippen LogP contribution is 2.25. The Bertz CT molecular complexity index is 1160. The summed E-state index contributed by atoms with van der Waals surface area (Å²) in [5, 5.41) is -0.935. The average Bonchev–Trinajstić information content (AvgIpc) is 3.25. The standard InChI is InChI=1S/C28H48N2O6S2/c1-3-4-5-6-7-8-9-10-11-12-13-14-15-16-17-18-24(23(2)37(31,32)33)21-28-29-26-20-19-25(38(34,35)36)22-27(26)30-28/h19-20,22-24H,3-18,21H2,1-2H3,(H,29,30)(H,31,32,33)(H,34,35,36). The molecule has 2 atom stereocenters. The molecule has 0 spiro atoms. The van der Waals surface area contributed by atoms with Crippen LogP contribution in [0.1, 0.15) is 122 Å². The number of nitrogens with zero attached hydrogens (tertiary/aromatic N) is 1. The van der Waals surface area contributed by atoms with Crippen molar-refractivity contribution in [1.29, 1.82) is 0 Å². The highest BCUT2D eigenvalue weighted by molar-refractivity contribution is 7.86. The third-order valence-electron chi connectivity index (χ3n) is 7.57. The van der Waals surface area contributed by atoms with E-state index in [1.165, 1.54) is 102 Å². The third kappa shape index (κ3) is 12.1. The monoisotopic (exact) mass is 572 g/mol. The molecule has 0 aliphatic rings. The zero-order valence-electron chi connectivity index (χ0n) is 23.2. The van der Waals surface area contributed by atoms with Crippen LogP contribution in [0.25, 0.3) is 11.0 Å². The normalized spacial score (nSPS) is 14.2. The Kier molecular flexibility index (Phi) is 14.3. The number of H-pyrrole nitrogens is 1. The highest BCUT2D eigenvalue weighted by Gasteiger charge is 2.28. The Morgan fingerprint density at radius 3 is 1.76 bits per heavy atom. The molecule has 1 heterocycles. The van der Waals surface area contributed by atoms with Crippen molar-refractivity contribution in [1.82, 2.24) is 9.97 Å². The van der Waals surface area contributed by atoms with Gasteiger partial charge in [0.05, 0.1) is 21.2 Å². The van der Waals surface area contributed by atoms with Crippen molar-refractivity contribution in [2.24, 2.45) is 5.92 Å². The summed E-state index contributed by atoms with van der Waals surface area (Å²) in [7, 11) is -8.54. The minimum atomic E-state index is -4.33. The number of unbranched alkanes of at least 4 members (excludes halogenated alkanes) is 14. The lowest BCUT2D eigenvalue weighted by molar-refractivity contribution is 0.393. The van der Waals surface area contributed by atoms with Crippen LogP contribution >= 0.6 is 0 Å². The van der Waals surface area contributed by atoms with E-state index in [1.807, 2.05) is 0 Å². The number of imidazole rings is 1. The second kappa shape index (κ2) is 16.6. The molecule has 10 heteroatoms. The molecule has 0 amide bonds. The molecule has 0 radical (unpaired) electrons. The summed E-state index contributed by atoms with van der Waals surface area (Å²) in [6.45, 7) is 3.77. The second-order valence-electron chi connectivity index (χ2n) is 10.8. The minimum Gasteiger partial charge on any atom is -0.342 e. The minimum absolute atomic E-state index is 0.235. The molecule has 0 fully saturated rings. The number of rotatable bonds is 21. The lowest BCUT2D eigenvalue weighted by Gasteiger charge is -2.21. The van der Waals surface area contributed by atoms with Crippen LogP contribution in [0.15, 0.2) is 23.1 Å². The zero-order chi connectivity index (χ0) is 28.0. The first-order chi connectivity index (χ1) is 18.0. The molecule has 1 aromatic heterocycles. The van der Waals surface area contributed by atoms with E-state index in [0.29, 0.717) is 29.7 Å². The molecule has 2 unspecified atom stereocenters. The van der Waals surface area contributed by atoms with Crippen LogP contribution in [-0.2, 0) is 26.7 Å². The first-order valence-electron chi connectivity index (χ1n) is 14.4. The number of hydrogen-bond acceptors (Lipinski definition) is 5. The van der Waals surface area contributed by atoms with Crippen molar-refractivity contribution in [3.63, 3.8) is 0 Å². The second-order valence-corrected chi connectivity index (χ2v) is 14.0. The molecule has 1 aromatic carbocycles. The molecule has 38 heavy (non-hydrogen) atoms. The van der Waals surface area contributed by atoms with Gasteiger partial charge in [0.25, 0.3) is 20.2 Å². The van der Waals surface area contributed by atoms with E-state index in [2.05, 4.69) is 16.9 Å². The summed E-state index contributed by atoms with van der Waals surface area (Å²) in [6.07, 6.45) is 19.9. The van der Waals surface area contributed by atoms with Gasteiger partial charge in [0.15, 0.2) is 0 Å². The number of aromatic nitrogens is 2. The number of aromatic amines is 1. The van der Waals surface area contributed by atoms with Gasteiger partial charge in [-0.1, -0.05) is 103 Å². The van der Waals surface area contributed by atoms with Crippen molar-refractivity contribution in [2.75, 3.05) is 0 Å². The van der Waals surface area contributed by atoms with Gasteiger partial charge in [-0.2, -0.15) is 16.8 Å². The van der Waals surface area contributed by atoms with Gasteiger partial charge >= 0.3 is 0 Å². The molecular formula is C28H48N2O6S2. The summed E-state index contributed by atoms with van der Waals surface area (Å²) in [4.78, 5) is 7.25. The van der Waals surface area contributed by atoms with E-state index < -0.39 is 25.5 Å². The average molecular weight is 573 g/mol. The molecule has 0 saturated heterocycles. The molecule has 0 saturated carbocycles. The van der Waals surface area contributed by atoms with Crippen molar-refractivity contribution in [3.05, 3.63) is 24.0 Å². The Hall–Kier alpha value is -1.49. The number of benzene rings is 1. The molecule has 0 aliphatic heterocycles. The summed E-state index contributed by atoms with van der Waals surface area (Å²) >= 11 is 0. The van der Waals surface area contributed by atoms with Gasteiger partial charge in [-0.05, 0) is 37.5 Å². The maximum Gasteiger partial charge on any atom is 0.294 e. The lowest BCUT2D eigenvalue weighted by Crippen LogP contribution is -2.28. The molecule has 0 aliphatic carbocycles. The van der Waals surface area contributed by atoms with Gasteiger partial charge in [-0.3, -0.25) is 9.11 Å². The smallest absolute Gasteiger partial charge is 0.294 e. The Balaban J connectivity index is 1.72. The lowest BCUT2D eigenvalue weighted by atomic mass is 9.94. The van der Waals surface area contributed by atoms with E-state index in [4.69, 9.17) is 0 Å². The molecule has 2 rings (SSSR count). The number of fused-ring (bicyclic) bond motifs is 1. The van der Waals surface area contributed by atoms with Crippen LogP contribution in [-0.4, -0.2) is 41.2 Å². The van der Waals surface area contributed by atoms with Crippen LogP contribution in [0.2, 0.25) is 0 Å². The Morgan fingerprint density at radius 1 is 0.789 bits per heavy atom. The Morgan fingerprint density at radius 2 is 1.29 bits per heavy atom. The maximum atomic E-state index is 11.9. The van der Waals surface area contributed by atoms with E-state index in [9.17, 15) is 25.9 Å². The molecular weight excluding hydrogens is 524 g/mol. The number of hydrogen-bond donors (Lipinski definition) is 3. The molecule has 0 bridgehead atoms. The van der Waals surface area contributed by atoms with Gasteiger partial charge in [-0.25, -0.2) is 4.98 Å². The van der Waals surface area contributed by atoms with Gasteiger partial charge in [-0.15, -0.1) is 0 Å². The van der Waals surface area contributed by atoms with Gasteiger partial charge in [0, 0.05) is 6.42 Å². The van der Waals surface area contributed by atoms with Crippen molar-refractivity contribution < 1.29 is 25.9 Å². The van der Waals surface area contributed by atoms with Crippen molar-refractivity contribution in [3.8, 4) is 0 Å². The molecule has 2 aromatic rings. The summed E-state index contributed by atoms with van der Waals surface area (Å²) in [6, 6.07) is 4.07. The SMILES string of the molecule is CCCCCCCCCCCCCCCCCC(Cc1nc2ccc(S(=O)(=O)O)cc2[nH]1)C(C)S(=O)(=O)O. The van der Waals surface area contributed by atoms with E-state index in [-0.39, 0.29) is 10.8 Å². The van der Waals surface area contributed by atoms with Crippen LogP contribution in [0.3, 0.4) is 0 Å². The number of nitrogens with one attached hydrogen (secondary N) is 1. The van der Waals surface area contributed by atoms with E-state index >= 15 is 0 Å². The van der Waals surface area contributed by atoms with Crippen LogP contribution < -0.4 is 0 Å². The quantitative estimate of drug-likeness (QED) is 0.104. The van der Waals surface area contributed by atoms with Crippen LogP contribution in [0.4, 0.5) is 0 Å². The molecule has 8 nitrogen and oxygen atoms in total. The fourth-order valence-corrected chi connectivity index (χ4v) is 6.30. The highest BCUT2D eigenvalue weighted by atomic mass is 32.2. The fraction of sp³-hybridized carbons (Fsp3) is 0.750.